The summed E-state index contributed by atoms with van der Waals surface area (Å²) in [5.41, 5.74) is 1.61. The highest BCUT2D eigenvalue weighted by molar-refractivity contribution is 6.42. The third kappa shape index (κ3) is 4.12. The first kappa shape index (κ1) is 16.5. The Labute approximate surface area is 148 Å². The number of amides is 2. The maximum absolute atomic E-state index is 11.8. The van der Waals surface area contributed by atoms with Gasteiger partial charge in [-0.05, 0) is 36.6 Å². The lowest BCUT2D eigenvalue weighted by molar-refractivity contribution is 0.252. The van der Waals surface area contributed by atoms with E-state index in [0.717, 1.165) is 18.4 Å². The average molecular weight is 365 g/mol. The van der Waals surface area contributed by atoms with E-state index in [2.05, 4.69) is 25.7 Å². The first-order chi connectivity index (χ1) is 11.6. The van der Waals surface area contributed by atoms with Crippen molar-refractivity contribution in [1.29, 1.82) is 0 Å². The van der Waals surface area contributed by atoms with Crippen molar-refractivity contribution in [3.05, 3.63) is 52.5 Å². The van der Waals surface area contributed by atoms with Crippen molar-refractivity contribution in [2.24, 2.45) is 0 Å². The number of hydrogen-bond acceptors (Lipinski definition) is 4. The van der Waals surface area contributed by atoms with Crippen LogP contribution in [0.3, 0.4) is 0 Å². The molecule has 3 rings (SSSR count). The van der Waals surface area contributed by atoms with Gasteiger partial charge in [0.25, 0.3) is 5.78 Å². The monoisotopic (exact) mass is 364 g/mol. The number of anilines is 1. The second-order valence-electron chi connectivity index (χ2n) is 5.08. The van der Waals surface area contributed by atoms with Crippen LogP contribution in [0.1, 0.15) is 12.0 Å². The Kier molecular flexibility index (Phi) is 5.12. The van der Waals surface area contributed by atoms with Gasteiger partial charge in [0.05, 0.1) is 10.0 Å². The van der Waals surface area contributed by atoms with Crippen LogP contribution in [-0.4, -0.2) is 32.2 Å². The van der Waals surface area contributed by atoms with Gasteiger partial charge >= 0.3 is 6.03 Å². The van der Waals surface area contributed by atoms with Crippen molar-refractivity contribution < 1.29 is 4.79 Å². The van der Waals surface area contributed by atoms with E-state index in [4.69, 9.17) is 23.2 Å². The molecule has 24 heavy (non-hydrogen) atoms. The number of benzene rings is 1. The van der Waals surface area contributed by atoms with Gasteiger partial charge in [0, 0.05) is 24.6 Å². The number of carbonyl (C=O) groups excluding carboxylic acids is 1. The van der Waals surface area contributed by atoms with E-state index < -0.39 is 0 Å². The van der Waals surface area contributed by atoms with E-state index in [1.165, 1.54) is 6.33 Å². The van der Waals surface area contributed by atoms with Gasteiger partial charge < -0.3 is 10.6 Å². The predicted octanol–water partition coefficient (Wildman–Crippen LogP) is 3.19. The summed E-state index contributed by atoms with van der Waals surface area (Å²) in [6.45, 7) is 0.530. The van der Waals surface area contributed by atoms with E-state index in [-0.39, 0.29) is 6.03 Å². The fourth-order valence-electron chi connectivity index (χ4n) is 2.13. The highest BCUT2D eigenvalue weighted by Crippen LogP contribution is 2.24. The van der Waals surface area contributed by atoms with E-state index in [1.807, 2.05) is 6.20 Å². The van der Waals surface area contributed by atoms with Crippen molar-refractivity contribution in [3.63, 3.8) is 0 Å². The van der Waals surface area contributed by atoms with Gasteiger partial charge in [-0.25, -0.2) is 14.3 Å². The van der Waals surface area contributed by atoms with Crippen molar-refractivity contribution in [3.8, 4) is 0 Å². The largest absolute Gasteiger partial charge is 0.338 e. The second-order valence-corrected chi connectivity index (χ2v) is 5.89. The van der Waals surface area contributed by atoms with Gasteiger partial charge in [-0.15, -0.1) is 0 Å². The molecule has 0 fully saturated rings. The highest BCUT2D eigenvalue weighted by atomic mass is 35.5. The van der Waals surface area contributed by atoms with Crippen LogP contribution in [0.5, 0.6) is 0 Å². The van der Waals surface area contributed by atoms with Crippen LogP contribution in [0, 0.1) is 0 Å². The van der Waals surface area contributed by atoms with Crippen molar-refractivity contribution in [1.82, 2.24) is 24.9 Å². The van der Waals surface area contributed by atoms with Gasteiger partial charge in [-0.2, -0.15) is 10.1 Å². The smallest absolute Gasteiger partial charge is 0.319 e. The molecule has 2 heterocycles. The fourth-order valence-corrected chi connectivity index (χ4v) is 2.43. The molecule has 0 spiro atoms. The molecule has 2 N–H and O–H groups in total. The normalized spacial score (nSPS) is 10.8. The van der Waals surface area contributed by atoms with Crippen LogP contribution < -0.4 is 10.6 Å². The topological polar surface area (TPSA) is 84.2 Å². The van der Waals surface area contributed by atoms with Gasteiger partial charge in [0.15, 0.2) is 0 Å². The van der Waals surface area contributed by atoms with Gasteiger partial charge in [-0.1, -0.05) is 23.2 Å². The number of aryl methyl sites for hydroxylation is 1. The molecule has 0 saturated carbocycles. The second kappa shape index (κ2) is 7.46. The molecule has 7 nitrogen and oxygen atoms in total. The van der Waals surface area contributed by atoms with Crippen molar-refractivity contribution in [2.75, 3.05) is 11.9 Å². The van der Waals surface area contributed by atoms with Crippen LogP contribution in [0.25, 0.3) is 5.78 Å². The number of nitrogens with one attached hydrogen (secondary N) is 2. The first-order valence-corrected chi connectivity index (χ1v) is 8.01. The Morgan fingerprint density at radius 1 is 1.21 bits per heavy atom. The molecule has 0 aliphatic carbocycles. The minimum Gasteiger partial charge on any atom is -0.338 e. The minimum atomic E-state index is -0.293. The lowest BCUT2D eigenvalue weighted by atomic mass is 10.2. The average Bonchev–Trinajstić information content (AvgIpc) is 3.03. The van der Waals surface area contributed by atoms with Gasteiger partial charge in [0.1, 0.15) is 6.33 Å². The van der Waals surface area contributed by atoms with Crippen LogP contribution in [0.4, 0.5) is 10.5 Å². The molecule has 0 aliphatic rings. The molecule has 0 unspecified atom stereocenters. The SMILES string of the molecule is O=C(NCCCc1cnc2ncnn2c1)Nc1ccc(Cl)c(Cl)c1. The third-order valence-corrected chi connectivity index (χ3v) is 4.03. The predicted molar refractivity (Wildman–Crippen MR) is 92.6 cm³/mol. The molecule has 1 aromatic carbocycles. The van der Waals surface area contributed by atoms with E-state index >= 15 is 0 Å². The molecule has 0 bridgehead atoms. The Hall–Kier alpha value is -2.38. The van der Waals surface area contributed by atoms with Crippen molar-refractivity contribution in [2.45, 2.75) is 12.8 Å². The quantitative estimate of drug-likeness (QED) is 0.680. The number of halogens is 2. The van der Waals surface area contributed by atoms with Gasteiger partial charge in [0.2, 0.25) is 0 Å². The van der Waals surface area contributed by atoms with Crippen molar-refractivity contribution >= 4 is 40.7 Å². The Morgan fingerprint density at radius 3 is 2.92 bits per heavy atom. The standard InChI is InChI=1S/C15H14Cl2N6O/c16-12-4-3-11(6-13(12)17)22-15(24)18-5-1-2-10-7-19-14-20-9-21-23(14)8-10/h3-4,6-9H,1-2,5H2,(H2,18,22,24). The molecule has 0 radical (unpaired) electrons. The summed E-state index contributed by atoms with van der Waals surface area (Å²) in [5.74, 6) is 0.567. The fraction of sp³-hybridized carbons (Fsp3) is 0.200. The number of rotatable bonds is 5. The van der Waals surface area contributed by atoms with Crippen LogP contribution in [-0.2, 0) is 6.42 Å². The summed E-state index contributed by atoms with van der Waals surface area (Å²) in [5, 5.41) is 10.4. The molecule has 2 amide bonds. The minimum absolute atomic E-state index is 0.293. The third-order valence-electron chi connectivity index (χ3n) is 3.29. The molecule has 3 aromatic rings. The Balaban J connectivity index is 1.43. The van der Waals surface area contributed by atoms with Crippen LogP contribution in [0.15, 0.2) is 36.9 Å². The molecule has 0 atom stereocenters. The zero-order valence-corrected chi connectivity index (χ0v) is 14.1. The highest BCUT2D eigenvalue weighted by Gasteiger charge is 2.04. The lowest BCUT2D eigenvalue weighted by Gasteiger charge is -2.08. The summed E-state index contributed by atoms with van der Waals surface area (Å²) < 4.78 is 1.62. The zero-order valence-electron chi connectivity index (χ0n) is 12.5. The number of fused-ring (bicyclic) bond motifs is 1. The Bertz CT molecular complexity index is 866. The zero-order chi connectivity index (χ0) is 16.9. The maximum Gasteiger partial charge on any atom is 0.319 e. The van der Waals surface area contributed by atoms with Gasteiger partial charge in [-0.3, -0.25) is 0 Å². The number of aromatic nitrogens is 4. The Morgan fingerprint density at radius 2 is 2.08 bits per heavy atom. The number of nitrogens with zero attached hydrogens (tertiary/aromatic N) is 4. The molecule has 0 saturated heterocycles. The molecular weight excluding hydrogens is 351 g/mol. The summed E-state index contributed by atoms with van der Waals surface area (Å²) in [7, 11) is 0. The molecular formula is C15H14Cl2N6O. The lowest BCUT2D eigenvalue weighted by Crippen LogP contribution is -2.29. The summed E-state index contributed by atoms with van der Waals surface area (Å²) in [6.07, 6.45) is 6.65. The van der Waals surface area contributed by atoms with E-state index in [0.29, 0.717) is 28.1 Å². The molecule has 2 aromatic heterocycles. The number of hydrogen-bond donors (Lipinski definition) is 2. The summed E-state index contributed by atoms with van der Waals surface area (Å²) in [4.78, 5) is 20.0. The van der Waals surface area contributed by atoms with E-state index in [9.17, 15) is 4.79 Å². The number of carbonyl (C=O) groups is 1. The summed E-state index contributed by atoms with van der Waals surface area (Å²) in [6, 6.07) is 4.63. The maximum atomic E-state index is 11.8. The molecule has 9 heteroatoms. The number of urea groups is 1. The van der Waals surface area contributed by atoms with Crippen LogP contribution >= 0.6 is 23.2 Å². The van der Waals surface area contributed by atoms with Crippen LogP contribution in [0.2, 0.25) is 10.0 Å². The first-order valence-electron chi connectivity index (χ1n) is 7.26. The summed E-state index contributed by atoms with van der Waals surface area (Å²) >= 11 is 11.7. The molecule has 0 aliphatic heterocycles. The molecule has 124 valence electrons. The van der Waals surface area contributed by atoms with E-state index in [1.54, 1.807) is 28.9 Å².